The quantitative estimate of drug-likeness (QED) is 0.788. The largest absolute Gasteiger partial charge is 0.380 e. The van der Waals surface area contributed by atoms with Crippen molar-refractivity contribution in [3.8, 4) is 0 Å². The van der Waals surface area contributed by atoms with Crippen molar-refractivity contribution in [2.45, 2.75) is 38.2 Å². The predicted molar refractivity (Wildman–Crippen MR) is 73.3 cm³/mol. The minimum absolute atomic E-state index is 0.304. The van der Waals surface area contributed by atoms with Gasteiger partial charge in [-0.25, -0.2) is 9.97 Å². The number of halogens is 1. The Morgan fingerprint density at radius 1 is 1.56 bits per heavy atom. The maximum atomic E-state index is 6.01. The number of anilines is 1. The minimum atomic E-state index is 0.304. The molecule has 0 spiro atoms. The zero-order valence-corrected chi connectivity index (χ0v) is 11.9. The van der Waals surface area contributed by atoms with Crippen LogP contribution < -0.4 is 4.90 Å². The lowest BCUT2D eigenvalue weighted by Crippen LogP contribution is -2.24. The van der Waals surface area contributed by atoms with Crippen LogP contribution in [0.3, 0.4) is 0 Å². The summed E-state index contributed by atoms with van der Waals surface area (Å²) < 4.78 is 5.38. The van der Waals surface area contributed by atoms with Crippen molar-refractivity contribution < 1.29 is 4.74 Å². The third-order valence-electron chi connectivity index (χ3n) is 3.33. The van der Waals surface area contributed by atoms with Crippen LogP contribution in [-0.2, 0) is 10.6 Å². The molecule has 1 aromatic rings. The Morgan fingerprint density at radius 2 is 2.33 bits per heavy atom. The Balaban J connectivity index is 2.23. The first-order valence-electron chi connectivity index (χ1n) is 6.35. The van der Waals surface area contributed by atoms with Crippen LogP contribution >= 0.6 is 11.6 Å². The maximum absolute atomic E-state index is 6.01. The summed E-state index contributed by atoms with van der Waals surface area (Å²) in [4.78, 5) is 11.3. The van der Waals surface area contributed by atoms with Gasteiger partial charge in [0.2, 0.25) is 0 Å². The second-order valence-electron chi connectivity index (χ2n) is 4.94. The van der Waals surface area contributed by atoms with Crippen molar-refractivity contribution >= 4 is 17.3 Å². The Bertz CT molecular complexity index is 411. The summed E-state index contributed by atoms with van der Waals surface area (Å²) in [5.74, 6) is 1.61. The molecular weight excluding hydrogens is 250 g/mol. The first-order valence-corrected chi connectivity index (χ1v) is 6.88. The molecule has 1 aliphatic rings. The molecule has 4 nitrogen and oxygen atoms in total. The van der Waals surface area contributed by atoms with Gasteiger partial charge in [-0.15, -0.1) is 11.6 Å². The van der Waals surface area contributed by atoms with Gasteiger partial charge in [-0.05, 0) is 6.42 Å². The predicted octanol–water partition coefficient (Wildman–Crippen LogP) is 2.56. The van der Waals surface area contributed by atoms with Crippen molar-refractivity contribution in [1.29, 1.82) is 0 Å². The Hall–Kier alpha value is -0.870. The van der Waals surface area contributed by atoms with Crippen molar-refractivity contribution in [1.82, 2.24) is 9.97 Å². The zero-order chi connectivity index (χ0) is 13.1. The van der Waals surface area contributed by atoms with Crippen molar-refractivity contribution in [2.24, 2.45) is 0 Å². The molecule has 5 heteroatoms. The molecule has 0 N–H and O–H groups in total. The number of nitrogens with zero attached hydrogens (tertiary/aromatic N) is 3. The fraction of sp³-hybridized carbons (Fsp3) is 0.692. The maximum Gasteiger partial charge on any atom is 0.131 e. The number of ether oxygens (including phenoxy) is 1. The SMILES string of the molecule is COC1CCN(c2cnc(C(C)C)nc2CCl)C1. The van der Waals surface area contributed by atoms with Gasteiger partial charge >= 0.3 is 0 Å². The smallest absolute Gasteiger partial charge is 0.131 e. The van der Waals surface area contributed by atoms with Crippen molar-refractivity contribution in [3.05, 3.63) is 17.7 Å². The van der Waals surface area contributed by atoms with E-state index in [-0.39, 0.29) is 0 Å². The first-order chi connectivity index (χ1) is 8.65. The normalized spacial score (nSPS) is 19.8. The Labute approximate surface area is 113 Å². The monoisotopic (exact) mass is 269 g/mol. The molecule has 1 unspecified atom stereocenters. The summed E-state index contributed by atoms with van der Waals surface area (Å²) in [6, 6.07) is 0. The Morgan fingerprint density at radius 3 is 2.89 bits per heavy atom. The minimum Gasteiger partial charge on any atom is -0.380 e. The number of hydrogen-bond acceptors (Lipinski definition) is 4. The van der Waals surface area contributed by atoms with Gasteiger partial charge < -0.3 is 9.64 Å². The summed E-state index contributed by atoms with van der Waals surface area (Å²) in [6.07, 6.45) is 3.25. The summed E-state index contributed by atoms with van der Waals surface area (Å²) in [7, 11) is 1.76. The van der Waals surface area contributed by atoms with Gasteiger partial charge in [0.25, 0.3) is 0 Å². The molecular formula is C13H20ClN3O. The lowest BCUT2D eigenvalue weighted by molar-refractivity contribution is 0.121. The van der Waals surface area contributed by atoms with Gasteiger partial charge in [0.1, 0.15) is 5.82 Å². The van der Waals surface area contributed by atoms with Crippen LogP contribution in [0, 0.1) is 0 Å². The molecule has 2 heterocycles. The fourth-order valence-electron chi connectivity index (χ4n) is 2.21. The molecule has 1 saturated heterocycles. The van der Waals surface area contributed by atoms with Gasteiger partial charge in [0.05, 0.1) is 29.6 Å². The summed E-state index contributed by atoms with van der Waals surface area (Å²) in [5.41, 5.74) is 1.97. The van der Waals surface area contributed by atoms with Crippen LogP contribution in [0.5, 0.6) is 0 Å². The number of aromatic nitrogens is 2. The molecule has 0 bridgehead atoms. The standard InChI is InChI=1S/C13H20ClN3O/c1-9(2)13-15-7-12(11(6-14)16-13)17-5-4-10(8-17)18-3/h7,9-10H,4-6,8H2,1-3H3. The number of rotatable bonds is 4. The lowest BCUT2D eigenvalue weighted by atomic mass is 10.2. The van der Waals surface area contributed by atoms with Gasteiger partial charge in [-0.3, -0.25) is 0 Å². The molecule has 1 aliphatic heterocycles. The Kier molecular flexibility index (Phi) is 4.40. The highest BCUT2D eigenvalue weighted by atomic mass is 35.5. The molecule has 0 radical (unpaired) electrons. The highest BCUT2D eigenvalue weighted by Crippen LogP contribution is 2.26. The summed E-state index contributed by atoms with van der Waals surface area (Å²) in [6.45, 7) is 6.05. The molecule has 2 rings (SSSR count). The van der Waals surface area contributed by atoms with Crippen molar-refractivity contribution in [2.75, 3.05) is 25.1 Å². The molecule has 0 aliphatic carbocycles. The molecule has 18 heavy (non-hydrogen) atoms. The van der Waals surface area contributed by atoms with Crippen LogP contribution in [-0.4, -0.2) is 36.3 Å². The highest BCUT2D eigenvalue weighted by molar-refractivity contribution is 6.17. The van der Waals surface area contributed by atoms with E-state index in [1.165, 1.54) is 0 Å². The van der Waals surface area contributed by atoms with Gasteiger partial charge in [0.15, 0.2) is 0 Å². The number of alkyl halides is 1. The topological polar surface area (TPSA) is 38.2 Å². The first kappa shape index (κ1) is 13.6. The second kappa shape index (κ2) is 5.85. The van der Waals surface area contributed by atoms with Gasteiger partial charge in [-0.2, -0.15) is 0 Å². The second-order valence-corrected chi connectivity index (χ2v) is 5.21. The summed E-state index contributed by atoms with van der Waals surface area (Å²) >= 11 is 6.01. The zero-order valence-electron chi connectivity index (χ0n) is 11.2. The lowest BCUT2D eigenvalue weighted by Gasteiger charge is -2.21. The van der Waals surface area contributed by atoms with E-state index >= 15 is 0 Å². The van der Waals surface area contributed by atoms with Crippen LogP contribution in [0.25, 0.3) is 0 Å². The van der Waals surface area contributed by atoms with Gasteiger partial charge in [0, 0.05) is 26.1 Å². The average molecular weight is 270 g/mol. The van der Waals surface area contributed by atoms with E-state index in [2.05, 4.69) is 28.7 Å². The number of hydrogen-bond donors (Lipinski definition) is 0. The van der Waals surface area contributed by atoms with E-state index in [0.717, 1.165) is 36.7 Å². The van der Waals surface area contributed by atoms with E-state index in [9.17, 15) is 0 Å². The average Bonchev–Trinajstić information content (AvgIpc) is 2.86. The van der Waals surface area contributed by atoms with Crippen LogP contribution in [0.4, 0.5) is 5.69 Å². The van der Waals surface area contributed by atoms with Crippen LogP contribution in [0.2, 0.25) is 0 Å². The van der Waals surface area contributed by atoms with E-state index < -0.39 is 0 Å². The van der Waals surface area contributed by atoms with E-state index in [0.29, 0.717) is 17.9 Å². The third kappa shape index (κ3) is 2.75. The van der Waals surface area contributed by atoms with E-state index in [4.69, 9.17) is 16.3 Å². The third-order valence-corrected chi connectivity index (χ3v) is 3.58. The molecule has 0 amide bonds. The van der Waals surface area contributed by atoms with Crippen LogP contribution in [0.1, 0.15) is 37.7 Å². The molecule has 1 atom stereocenters. The van der Waals surface area contributed by atoms with Gasteiger partial charge in [-0.1, -0.05) is 13.8 Å². The summed E-state index contributed by atoms with van der Waals surface area (Å²) in [5, 5.41) is 0. The van der Waals surface area contributed by atoms with Crippen LogP contribution in [0.15, 0.2) is 6.20 Å². The number of methoxy groups -OCH3 is 1. The molecule has 1 fully saturated rings. The molecule has 100 valence electrons. The highest BCUT2D eigenvalue weighted by Gasteiger charge is 2.24. The molecule has 1 aromatic heterocycles. The fourth-order valence-corrected chi connectivity index (χ4v) is 2.40. The molecule has 0 saturated carbocycles. The van der Waals surface area contributed by atoms with E-state index in [1.807, 2.05) is 6.20 Å². The van der Waals surface area contributed by atoms with E-state index in [1.54, 1.807) is 7.11 Å². The molecule has 0 aromatic carbocycles. The van der Waals surface area contributed by atoms with Crippen molar-refractivity contribution in [3.63, 3.8) is 0 Å².